The smallest absolute Gasteiger partial charge is 0.247 e. The monoisotopic (exact) mass is 354 g/mol. The lowest BCUT2D eigenvalue weighted by molar-refractivity contribution is -0.116. The number of nitrogens with zero attached hydrogens (tertiary/aromatic N) is 1. The first-order valence-electron chi connectivity index (χ1n) is 7.00. The van der Waals surface area contributed by atoms with Crippen molar-refractivity contribution in [3.05, 3.63) is 60.2 Å². The van der Waals surface area contributed by atoms with Gasteiger partial charge in [0.05, 0.1) is 11.9 Å². The third kappa shape index (κ3) is 4.29. The van der Waals surface area contributed by atoms with Gasteiger partial charge in [-0.2, -0.15) is 0 Å². The van der Waals surface area contributed by atoms with Gasteiger partial charge < -0.3 is 5.32 Å². The normalized spacial score (nSPS) is 12.5. The summed E-state index contributed by atoms with van der Waals surface area (Å²) in [5.74, 6) is -1.57. The van der Waals surface area contributed by atoms with Crippen LogP contribution in [0.5, 0.6) is 0 Å². The molecule has 1 atom stereocenters. The Morgan fingerprint density at radius 2 is 1.46 bits per heavy atom. The Morgan fingerprint density at radius 1 is 1.00 bits per heavy atom. The molecule has 0 saturated carbocycles. The van der Waals surface area contributed by atoms with E-state index in [1.54, 1.807) is 0 Å². The van der Waals surface area contributed by atoms with E-state index < -0.39 is 33.6 Å². The van der Waals surface area contributed by atoms with Gasteiger partial charge in [0.1, 0.15) is 17.7 Å². The van der Waals surface area contributed by atoms with Crippen molar-refractivity contribution in [3.63, 3.8) is 0 Å². The van der Waals surface area contributed by atoms with Crippen LogP contribution >= 0.6 is 0 Å². The number of anilines is 2. The molecule has 5 nitrogen and oxygen atoms in total. The van der Waals surface area contributed by atoms with Crippen LogP contribution in [-0.4, -0.2) is 26.6 Å². The van der Waals surface area contributed by atoms with Crippen LogP contribution in [-0.2, 0) is 14.8 Å². The van der Waals surface area contributed by atoms with E-state index in [-0.39, 0.29) is 5.69 Å². The zero-order valence-corrected chi connectivity index (χ0v) is 13.8. The number of carbonyl (C=O) groups excluding carboxylic acids is 1. The Hall–Kier alpha value is -2.48. The molecule has 2 aromatic rings. The molecule has 0 spiro atoms. The van der Waals surface area contributed by atoms with E-state index >= 15 is 0 Å². The number of hydrogen-bond donors (Lipinski definition) is 1. The molecule has 2 rings (SSSR count). The molecule has 0 aromatic heterocycles. The third-order valence-corrected chi connectivity index (χ3v) is 4.52. The molecule has 2 aromatic carbocycles. The average molecular weight is 354 g/mol. The molecule has 0 aliphatic carbocycles. The molecule has 24 heavy (non-hydrogen) atoms. The standard InChI is InChI=1S/C16H16F2N2O3S/c1-11(16(21)19-14-7-3-12(17)4-8-14)20(24(2,22)23)15-9-5-13(18)6-10-15/h3-11H,1-2H3,(H,19,21)/t11-/m1/s1. The second-order valence-electron chi connectivity index (χ2n) is 5.21. The summed E-state index contributed by atoms with van der Waals surface area (Å²) in [6.45, 7) is 1.41. The first kappa shape index (κ1) is 17.9. The maximum Gasteiger partial charge on any atom is 0.247 e. The second kappa shape index (κ2) is 6.96. The van der Waals surface area contributed by atoms with Crippen LogP contribution in [0.15, 0.2) is 48.5 Å². The van der Waals surface area contributed by atoms with Crippen molar-refractivity contribution in [2.75, 3.05) is 15.9 Å². The SMILES string of the molecule is C[C@H](C(=O)Nc1ccc(F)cc1)N(c1ccc(F)cc1)S(C)(=O)=O. The molecule has 0 fully saturated rings. The highest BCUT2D eigenvalue weighted by Crippen LogP contribution is 2.22. The van der Waals surface area contributed by atoms with Gasteiger partial charge in [-0.25, -0.2) is 17.2 Å². The minimum atomic E-state index is -3.78. The first-order chi connectivity index (χ1) is 11.2. The van der Waals surface area contributed by atoms with Crippen molar-refractivity contribution >= 4 is 27.3 Å². The molecule has 0 unspecified atom stereocenters. The maximum atomic E-state index is 13.0. The molecule has 1 N–H and O–H groups in total. The fraction of sp³-hybridized carbons (Fsp3) is 0.188. The van der Waals surface area contributed by atoms with E-state index in [4.69, 9.17) is 0 Å². The number of amides is 1. The number of carbonyl (C=O) groups is 1. The number of nitrogens with one attached hydrogen (secondary N) is 1. The number of halogens is 2. The van der Waals surface area contributed by atoms with Gasteiger partial charge in [-0.1, -0.05) is 0 Å². The zero-order valence-electron chi connectivity index (χ0n) is 13.0. The molecule has 0 heterocycles. The summed E-state index contributed by atoms with van der Waals surface area (Å²) in [6, 6.07) is 8.76. The summed E-state index contributed by atoms with van der Waals surface area (Å²) in [5.41, 5.74) is 0.501. The summed E-state index contributed by atoms with van der Waals surface area (Å²) in [7, 11) is -3.78. The zero-order chi connectivity index (χ0) is 17.9. The van der Waals surface area contributed by atoms with Gasteiger partial charge in [0, 0.05) is 5.69 Å². The van der Waals surface area contributed by atoms with E-state index in [9.17, 15) is 22.0 Å². The lowest BCUT2D eigenvalue weighted by Crippen LogP contribution is -2.45. The van der Waals surface area contributed by atoms with Crippen LogP contribution in [0.4, 0.5) is 20.2 Å². The number of hydrogen-bond acceptors (Lipinski definition) is 3. The predicted octanol–water partition coefficient (Wildman–Crippen LogP) is 2.76. The largest absolute Gasteiger partial charge is 0.324 e. The van der Waals surface area contributed by atoms with Crippen LogP contribution in [0.25, 0.3) is 0 Å². The molecule has 1 amide bonds. The first-order valence-corrected chi connectivity index (χ1v) is 8.85. The highest BCUT2D eigenvalue weighted by atomic mass is 32.2. The van der Waals surface area contributed by atoms with Crippen molar-refractivity contribution in [2.45, 2.75) is 13.0 Å². The lowest BCUT2D eigenvalue weighted by Gasteiger charge is -2.28. The Morgan fingerprint density at radius 3 is 1.92 bits per heavy atom. The molecular weight excluding hydrogens is 338 g/mol. The van der Waals surface area contributed by atoms with E-state index in [1.807, 2.05) is 0 Å². The Balaban J connectivity index is 2.27. The minimum absolute atomic E-state index is 0.167. The summed E-state index contributed by atoms with van der Waals surface area (Å²) in [6.07, 6.45) is 0.956. The van der Waals surface area contributed by atoms with Gasteiger partial charge in [-0.3, -0.25) is 9.10 Å². The van der Waals surface area contributed by atoms with E-state index in [0.717, 1.165) is 22.7 Å². The quantitative estimate of drug-likeness (QED) is 0.898. The van der Waals surface area contributed by atoms with Gasteiger partial charge in [0.15, 0.2) is 0 Å². The van der Waals surface area contributed by atoms with Crippen molar-refractivity contribution in [3.8, 4) is 0 Å². The fourth-order valence-corrected chi connectivity index (χ4v) is 3.35. The van der Waals surface area contributed by atoms with Crippen molar-refractivity contribution in [2.24, 2.45) is 0 Å². The van der Waals surface area contributed by atoms with Crippen molar-refractivity contribution in [1.29, 1.82) is 0 Å². The van der Waals surface area contributed by atoms with Gasteiger partial charge in [0.25, 0.3) is 0 Å². The predicted molar refractivity (Wildman–Crippen MR) is 88.2 cm³/mol. The van der Waals surface area contributed by atoms with Gasteiger partial charge in [-0.05, 0) is 55.5 Å². The van der Waals surface area contributed by atoms with Crippen LogP contribution in [0, 0.1) is 11.6 Å². The molecule has 8 heteroatoms. The molecule has 128 valence electrons. The summed E-state index contributed by atoms with van der Waals surface area (Å²) >= 11 is 0. The Kier molecular flexibility index (Phi) is 5.18. The summed E-state index contributed by atoms with van der Waals surface area (Å²) in [4.78, 5) is 12.3. The topological polar surface area (TPSA) is 66.5 Å². The van der Waals surface area contributed by atoms with E-state index in [0.29, 0.717) is 5.69 Å². The van der Waals surface area contributed by atoms with E-state index in [2.05, 4.69) is 5.32 Å². The molecule has 0 aliphatic rings. The molecule has 0 aliphatic heterocycles. The Bertz CT molecular complexity index is 821. The molecule has 0 saturated heterocycles. The minimum Gasteiger partial charge on any atom is -0.324 e. The number of sulfonamides is 1. The molecular formula is C16H16F2N2O3S. The lowest BCUT2D eigenvalue weighted by atomic mass is 10.2. The fourth-order valence-electron chi connectivity index (χ4n) is 2.18. The van der Waals surface area contributed by atoms with Gasteiger partial charge >= 0.3 is 0 Å². The molecule has 0 radical (unpaired) electrons. The average Bonchev–Trinajstić information content (AvgIpc) is 2.50. The highest BCUT2D eigenvalue weighted by Gasteiger charge is 2.29. The van der Waals surface area contributed by atoms with Gasteiger partial charge in [-0.15, -0.1) is 0 Å². The van der Waals surface area contributed by atoms with Crippen molar-refractivity contribution < 1.29 is 22.0 Å². The summed E-state index contributed by atoms with van der Waals surface area (Å²) in [5, 5.41) is 2.52. The number of benzene rings is 2. The van der Waals surface area contributed by atoms with Crippen LogP contribution in [0.3, 0.4) is 0 Å². The summed E-state index contributed by atoms with van der Waals surface area (Å²) < 4.78 is 51.0. The maximum absolute atomic E-state index is 13.0. The second-order valence-corrected chi connectivity index (χ2v) is 7.07. The van der Waals surface area contributed by atoms with Crippen LogP contribution in [0.1, 0.15) is 6.92 Å². The third-order valence-electron chi connectivity index (χ3n) is 3.28. The number of rotatable bonds is 5. The Labute approximate surface area is 139 Å². The molecule has 0 bridgehead atoms. The van der Waals surface area contributed by atoms with Crippen LogP contribution < -0.4 is 9.62 Å². The van der Waals surface area contributed by atoms with Crippen LogP contribution in [0.2, 0.25) is 0 Å². The van der Waals surface area contributed by atoms with E-state index in [1.165, 1.54) is 43.3 Å². The highest BCUT2D eigenvalue weighted by molar-refractivity contribution is 7.92. The van der Waals surface area contributed by atoms with Crippen molar-refractivity contribution in [1.82, 2.24) is 0 Å². The van der Waals surface area contributed by atoms with Gasteiger partial charge in [0.2, 0.25) is 15.9 Å².